The van der Waals surface area contributed by atoms with E-state index >= 15 is 0 Å². The molecule has 1 atom stereocenters. The Morgan fingerprint density at radius 1 is 1.64 bits per heavy atom. The molecule has 0 aliphatic rings. The standard InChI is InChI=1S/C9H9BrClNO2/c1-14-5-2-3-7(10)6(4-5)8(11)9(12)13/h2-4,8H,1H3,(H2,12,13). The number of hydrogen-bond donors (Lipinski definition) is 1. The molecular formula is C9H9BrClNO2. The van der Waals surface area contributed by atoms with Gasteiger partial charge in [-0.2, -0.15) is 0 Å². The number of halogens is 2. The monoisotopic (exact) mass is 277 g/mol. The van der Waals surface area contributed by atoms with Gasteiger partial charge in [0.1, 0.15) is 11.1 Å². The van der Waals surface area contributed by atoms with Crippen LogP contribution in [0.5, 0.6) is 5.75 Å². The first-order chi connectivity index (χ1) is 6.56. The third-order valence-corrected chi connectivity index (χ3v) is 2.90. The number of nitrogens with two attached hydrogens (primary N) is 1. The third kappa shape index (κ3) is 2.39. The molecule has 2 N–H and O–H groups in total. The van der Waals surface area contributed by atoms with Crippen molar-refractivity contribution in [2.75, 3.05) is 7.11 Å². The molecule has 3 nitrogen and oxygen atoms in total. The molecule has 1 rings (SSSR count). The maximum absolute atomic E-state index is 10.9. The first-order valence-electron chi connectivity index (χ1n) is 3.83. The van der Waals surface area contributed by atoms with Gasteiger partial charge >= 0.3 is 0 Å². The summed E-state index contributed by atoms with van der Waals surface area (Å²) in [7, 11) is 1.54. The van der Waals surface area contributed by atoms with E-state index in [0.29, 0.717) is 11.3 Å². The second kappa shape index (κ2) is 4.66. The second-order valence-corrected chi connectivity index (χ2v) is 3.94. The van der Waals surface area contributed by atoms with Crippen LogP contribution < -0.4 is 10.5 Å². The summed E-state index contributed by atoms with van der Waals surface area (Å²) in [6.07, 6.45) is 0. The van der Waals surface area contributed by atoms with Crippen LogP contribution in [-0.4, -0.2) is 13.0 Å². The minimum absolute atomic E-state index is 0.583. The van der Waals surface area contributed by atoms with Crippen LogP contribution in [0.1, 0.15) is 10.9 Å². The fourth-order valence-electron chi connectivity index (χ4n) is 0.996. The van der Waals surface area contributed by atoms with E-state index in [1.54, 1.807) is 25.3 Å². The van der Waals surface area contributed by atoms with E-state index in [9.17, 15) is 4.79 Å². The molecule has 1 aromatic rings. The van der Waals surface area contributed by atoms with Gasteiger partial charge in [0.25, 0.3) is 0 Å². The number of amides is 1. The van der Waals surface area contributed by atoms with Gasteiger partial charge in [0.15, 0.2) is 0 Å². The van der Waals surface area contributed by atoms with Crippen LogP contribution in [-0.2, 0) is 4.79 Å². The topological polar surface area (TPSA) is 52.3 Å². The molecule has 0 radical (unpaired) electrons. The van der Waals surface area contributed by atoms with E-state index in [2.05, 4.69) is 15.9 Å². The highest BCUT2D eigenvalue weighted by atomic mass is 79.9. The summed E-state index contributed by atoms with van der Waals surface area (Å²) >= 11 is 9.10. The van der Waals surface area contributed by atoms with Crippen molar-refractivity contribution in [3.8, 4) is 5.75 Å². The fraction of sp³-hybridized carbons (Fsp3) is 0.222. The lowest BCUT2D eigenvalue weighted by atomic mass is 10.1. The molecule has 0 aliphatic heterocycles. The first-order valence-corrected chi connectivity index (χ1v) is 5.06. The Morgan fingerprint density at radius 3 is 2.79 bits per heavy atom. The lowest BCUT2D eigenvalue weighted by Gasteiger charge is -2.09. The van der Waals surface area contributed by atoms with E-state index < -0.39 is 11.3 Å². The van der Waals surface area contributed by atoms with Crippen molar-refractivity contribution < 1.29 is 9.53 Å². The minimum Gasteiger partial charge on any atom is -0.497 e. The Hall–Kier alpha value is -0.740. The number of benzene rings is 1. The maximum Gasteiger partial charge on any atom is 0.240 e. The van der Waals surface area contributed by atoms with Gasteiger partial charge in [-0.15, -0.1) is 11.6 Å². The molecule has 14 heavy (non-hydrogen) atoms. The largest absolute Gasteiger partial charge is 0.497 e. The van der Waals surface area contributed by atoms with Gasteiger partial charge in [0, 0.05) is 4.47 Å². The van der Waals surface area contributed by atoms with Crippen molar-refractivity contribution in [3.05, 3.63) is 28.2 Å². The van der Waals surface area contributed by atoms with Crippen LogP contribution in [0, 0.1) is 0 Å². The van der Waals surface area contributed by atoms with Crippen molar-refractivity contribution in [1.29, 1.82) is 0 Å². The predicted molar refractivity (Wildman–Crippen MR) is 58.5 cm³/mol. The SMILES string of the molecule is COc1ccc(Br)c(C(Cl)C(N)=O)c1. The summed E-state index contributed by atoms with van der Waals surface area (Å²) < 4.78 is 5.74. The molecule has 0 heterocycles. The smallest absolute Gasteiger partial charge is 0.240 e. The number of carbonyl (C=O) groups is 1. The Bertz CT molecular complexity index is 357. The quantitative estimate of drug-likeness (QED) is 0.862. The summed E-state index contributed by atoms with van der Waals surface area (Å²) in [4.78, 5) is 10.9. The fourth-order valence-corrected chi connectivity index (χ4v) is 1.78. The average molecular weight is 279 g/mol. The number of carbonyl (C=O) groups excluding carboxylic acids is 1. The zero-order valence-electron chi connectivity index (χ0n) is 7.46. The number of alkyl halides is 1. The molecule has 0 bridgehead atoms. The lowest BCUT2D eigenvalue weighted by Crippen LogP contribution is -2.17. The molecule has 1 amide bonds. The van der Waals surface area contributed by atoms with Gasteiger partial charge in [-0.3, -0.25) is 4.79 Å². The van der Waals surface area contributed by atoms with Crippen molar-refractivity contribution in [2.45, 2.75) is 5.38 Å². The van der Waals surface area contributed by atoms with Crippen molar-refractivity contribution in [2.24, 2.45) is 5.73 Å². The molecule has 0 spiro atoms. The summed E-state index contributed by atoms with van der Waals surface area (Å²) in [6.45, 7) is 0. The Balaban J connectivity index is 3.11. The molecule has 5 heteroatoms. The number of primary amides is 1. The average Bonchev–Trinajstić information content (AvgIpc) is 2.17. The van der Waals surface area contributed by atoms with Crippen LogP contribution >= 0.6 is 27.5 Å². The minimum atomic E-state index is -0.848. The summed E-state index contributed by atoms with van der Waals surface area (Å²) in [6, 6.07) is 5.19. The molecule has 0 fully saturated rings. The van der Waals surface area contributed by atoms with Gasteiger partial charge < -0.3 is 10.5 Å². The molecule has 0 saturated heterocycles. The molecule has 1 aromatic carbocycles. The maximum atomic E-state index is 10.9. The Kier molecular flexibility index (Phi) is 3.77. The summed E-state index contributed by atoms with van der Waals surface area (Å²) in [5, 5.41) is -0.848. The third-order valence-electron chi connectivity index (χ3n) is 1.73. The molecule has 0 aromatic heterocycles. The molecular weight excluding hydrogens is 269 g/mol. The van der Waals surface area contributed by atoms with Gasteiger partial charge in [0.05, 0.1) is 7.11 Å². The van der Waals surface area contributed by atoms with Crippen LogP contribution in [0.25, 0.3) is 0 Å². The predicted octanol–water partition coefficient (Wildman–Crippen LogP) is 2.22. The van der Waals surface area contributed by atoms with E-state index in [-0.39, 0.29) is 0 Å². The first kappa shape index (κ1) is 11.3. The van der Waals surface area contributed by atoms with Crippen molar-refractivity contribution >= 4 is 33.4 Å². The van der Waals surface area contributed by atoms with Gasteiger partial charge in [-0.05, 0) is 23.8 Å². The van der Waals surface area contributed by atoms with Crippen LogP contribution in [0.3, 0.4) is 0 Å². The van der Waals surface area contributed by atoms with Crippen LogP contribution in [0.15, 0.2) is 22.7 Å². The van der Waals surface area contributed by atoms with E-state index in [1.807, 2.05) is 0 Å². The summed E-state index contributed by atoms with van der Waals surface area (Å²) in [5.74, 6) is 0.0516. The zero-order valence-corrected chi connectivity index (χ0v) is 9.80. The van der Waals surface area contributed by atoms with E-state index in [1.165, 1.54) is 0 Å². The second-order valence-electron chi connectivity index (χ2n) is 2.65. The van der Waals surface area contributed by atoms with Gasteiger partial charge in [0.2, 0.25) is 5.91 Å². The number of methoxy groups -OCH3 is 1. The Morgan fingerprint density at radius 2 is 2.29 bits per heavy atom. The van der Waals surface area contributed by atoms with E-state index in [0.717, 1.165) is 4.47 Å². The van der Waals surface area contributed by atoms with Gasteiger partial charge in [-0.25, -0.2) is 0 Å². The highest BCUT2D eigenvalue weighted by Crippen LogP contribution is 2.31. The van der Waals surface area contributed by atoms with Crippen LogP contribution in [0.4, 0.5) is 0 Å². The number of rotatable bonds is 3. The molecule has 76 valence electrons. The molecule has 0 aliphatic carbocycles. The lowest BCUT2D eigenvalue weighted by molar-refractivity contribution is -0.117. The number of hydrogen-bond acceptors (Lipinski definition) is 2. The van der Waals surface area contributed by atoms with Gasteiger partial charge in [-0.1, -0.05) is 15.9 Å². The Labute approximate surface area is 95.3 Å². The van der Waals surface area contributed by atoms with Crippen LogP contribution in [0.2, 0.25) is 0 Å². The zero-order chi connectivity index (χ0) is 10.7. The van der Waals surface area contributed by atoms with Crippen molar-refractivity contribution in [3.63, 3.8) is 0 Å². The molecule has 0 saturated carbocycles. The summed E-state index contributed by atoms with van der Waals surface area (Å²) in [5.41, 5.74) is 5.71. The van der Waals surface area contributed by atoms with E-state index in [4.69, 9.17) is 22.1 Å². The number of ether oxygens (including phenoxy) is 1. The highest BCUT2D eigenvalue weighted by molar-refractivity contribution is 9.10. The van der Waals surface area contributed by atoms with Crippen molar-refractivity contribution in [1.82, 2.24) is 0 Å². The highest BCUT2D eigenvalue weighted by Gasteiger charge is 2.17. The normalized spacial score (nSPS) is 12.2. The molecule has 1 unspecified atom stereocenters.